The Morgan fingerprint density at radius 1 is 0.909 bits per heavy atom. The van der Waals surface area contributed by atoms with Crippen LogP contribution in [0.4, 0.5) is 0 Å². The maximum absolute atomic E-state index is 13.3. The number of ketones is 1. The predicted octanol–water partition coefficient (Wildman–Crippen LogP) is 4.40. The Balaban J connectivity index is 1.98. The fourth-order valence-corrected chi connectivity index (χ4v) is 4.75. The zero-order valence-electron chi connectivity index (χ0n) is 18.4. The van der Waals surface area contributed by atoms with Crippen LogP contribution < -0.4 is 14.2 Å². The lowest BCUT2D eigenvalue weighted by Gasteiger charge is -2.26. The summed E-state index contributed by atoms with van der Waals surface area (Å²) in [6, 6.07) is 15.1. The van der Waals surface area contributed by atoms with E-state index in [0.29, 0.717) is 22.8 Å². The minimum Gasteiger partial charge on any atom is -0.506 e. The number of benzene rings is 2. The molecule has 3 aromatic rings. The van der Waals surface area contributed by atoms with Crippen LogP contribution in [-0.4, -0.2) is 43.0 Å². The number of para-hydroxylation sites is 1. The van der Waals surface area contributed by atoms with Crippen molar-refractivity contribution in [2.45, 2.75) is 12.6 Å². The van der Waals surface area contributed by atoms with Gasteiger partial charge in [-0.25, -0.2) is 0 Å². The Kier molecular flexibility index (Phi) is 6.37. The highest BCUT2D eigenvalue weighted by molar-refractivity contribution is 7.09. The molecule has 2 aromatic carbocycles. The molecule has 7 nitrogen and oxygen atoms in total. The molecule has 1 fully saturated rings. The molecule has 1 aromatic heterocycles. The van der Waals surface area contributed by atoms with Gasteiger partial charge in [-0.2, -0.15) is 0 Å². The zero-order chi connectivity index (χ0) is 23.5. The number of aliphatic hydroxyl groups is 1. The highest BCUT2D eigenvalue weighted by atomic mass is 32.1. The van der Waals surface area contributed by atoms with Crippen LogP contribution in [0, 0.1) is 0 Å². The summed E-state index contributed by atoms with van der Waals surface area (Å²) < 4.78 is 16.4. The van der Waals surface area contributed by atoms with E-state index in [-0.39, 0.29) is 23.4 Å². The predicted molar refractivity (Wildman–Crippen MR) is 125 cm³/mol. The van der Waals surface area contributed by atoms with Gasteiger partial charge in [-0.1, -0.05) is 30.3 Å². The van der Waals surface area contributed by atoms with E-state index in [1.807, 2.05) is 17.5 Å². The van der Waals surface area contributed by atoms with Crippen LogP contribution in [-0.2, 0) is 16.1 Å². The molecule has 170 valence electrons. The first-order valence-electron chi connectivity index (χ1n) is 10.2. The number of hydrogen-bond acceptors (Lipinski definition) is 7. The average Bonchev–Trinajstić information content (AvgIpc) is 3.45. The van der Waals surface area contributed by atoms with E-state index < -0.39 is 17.7 Å². The van der Waals surface area contributed by atoms with Crippen molar-refractivity contribution < 1.29 is 28.9 Å². The summed E-state index contributed by atoms with van der Waals surface area (Å²) >= 11 is 1.48. The van der Waals surface area contributed by atoms with Gasteiger partial charge in [-0.15, -0.1) is 11.3 Å². The van der Waals surface area contributed by atoms with Gasteiger partial charge in [0, 0.05) is 10.4 Å². The average molecular weight is 466 g/mol. The van der Waals surface area contributed by atoms with Crippen molar-refractivity contribution in [2.24, 2.45) is 0 Å². The lowest BCUT2D eigenvalue weighted by molar-refractivity contribution is -0.140. The molecule has 1 aliphatic heterocycles. The Morgan fingerprint density at radius 2 is 1.55 bits per heavy atom. The molecule has 1 atom stereocenters. The van der Waals surface area contributed by atoms with E-state index in [4.69, 9.17) is 14.2 Å². The molecular formula is C25H23NO6S. The third kappa shape index (κ3) is 3.93. The van der Waals surface area contributed by atoms with Crippen LogP contribution in [0.1, 0.15) is 22.0 Å². The van der Waals surface area contributed by atoms with Gasteiger partial charge in [0.15, 0.2) is 0 Å². The highest BCUT2D eigenvalue weighted by Crippen LogP contribution is 2.46. The minimum absolute atomic E-state index is 0.0520. The first-order valence-corrected chi connectivity index (χ1v) is 11.0. The van der Waals surface area contributed by atoms with Crippen LogP contribution >= 0.6 is 11.3 Å². The number of thiophene rings is 1. The van der Waals surface area contributed by atoms with Crippen LogP contribution in [0.5, 0.6) is 17.2 Å². The molecule has 0 aliphatic carbocycles. The summed E-state index contributed by atoms with van der Waals surface area (Å²) in [6.07, 6.45) is 0. The lowest BCUT2D eigenvalue weighted by Crippen LogP contribution is -2.29. The smallest absolute Gasteiger partial charge is 0.295 e. The second-order valence-corrected chi connectivity index (χ2v) is 8.32. The van der Waals surface area contributed by atoms with Crippen LogP contribution in [0.15, 0.2) is 65.6 Å². The van der Waals surface area contributed by atoms with Crippen molar-refractivity contribution in [2.75, 3.05) is 21.3 Å². The third-order valence-corrected chi connectivity index (χ3v) is 6.41. The summed E-state index contributed by atoms with van der Waals surface area (Å²) in [7, 11) is 4.44. The second kappa shape index (κ2) is 9.38. The SMILES string of the molecule is COc1ccccc1C1/C(=C(\O)c2c(OC)cccc2OC)C(=O)C(=O)N1Cc1cccs1. The molecule has 1 saturated heterocycles. The summed E-state index contributed by atoms with van der Waals surface area (Å²) in [5.41, 5.74) is 0.742. The van der Waals surface area contributed by atoms with Gasteiger partial charge in [0.2, 0.25) is 0 Å². The Hall–Kier alpha value is -3.78. The van der Waals surface area contributed by atoms with Gasteiger partial charge in [-0.3, -0.25) is 9.59 Å². The number of likely N-dealkylation sites (tertiary alicyclic amines) is 1. The van der Waals surface area contributed by atoms with Crippen molar-refractivity contribution in [3.05, 3.63) is 81.6 Å². The Labute approximate surface area is 195 Å². The number of carbonyl (C=O) groups excluding carboxylic acids is 2. The fraction of sp³-hybridized carbons (Fsp3) is 0.200. The van der Waals surface area contributed by atoms with Gasteiger partial charge in [0.1, 0.15) is 28.6 Å². The number of aliphatic hydroxyl groups excluding tert-OH is 1. The van der Waals surface area contributed by atoms with Crippen LogP contribution in [0.3, 0.4) is 0 Å². The Morgan fingerprint density at radius 3 is 2.15 bits per heavy atom. The van der Waals surface area contributed by atoms with Crippen molar-refractivity contribution in [1.29, 1.82) is 0 Å². The molecule has 1 amide bonds. The Bertz CT molecular complexity index is 1200. The molecule has 33 heavy (non-hydrogen) atoms. The summed E-state index contributed by atoms with van der Waals surface area (Å²) in [6.45, 7) is 0.213. The number of methoxy groups -OCH3 is 3. The van der Waals surface area contributed by atoms with Crippen molar-refractivity contribution in [1.82, 2.24) is 4.90 Å². The number of carbonyl (C=O) groups is 2. The molecule has 4 rings (SSSR count). The summed E-state index contributed by atoms with van der Waals surface area (Å²) in [5, 5.41) is 13.4. The standard InChI is InChI=1S/C25H23NO6S/c1-30-17-10-5-4-9-16(17)22-21(23(27)20-18(31-2)11-6-12-19(20)32-3)24(28)25(29)26(22)14-15-8-7-13-33-15/h4-13,22,27H,14H2,1-3H3/b23-21+. The highest BCUT2D eigenvalue weighted by Gasteiger charge is 2.47. The van der Waals surface area contributed by atoms with Gasteiger partial charge in [0.05, 0.1) is 39.5 Å². The van der Waals surface area contributed by atoms with Gasteiger partial charge >= 0.3 is 0 Å². The van der Waals surface area contributed by atoms with Gasteiger partial charge in [0.25, 0.3) is 11.7 Å². The van der Waals surface area contributed by atoms with E-state index in [2.05, 4.69) is 0 Å². The molecule has 0 spiro atoms. The van der Waals surface area contributed by atoms with Crippen molar-refractivity contribution in [3.8, 4) is 17.2 Å². The minimum atomic E-state index is -0.863. The number of amides is 1. The van der Waals surface area contributed by atoms with Crippen molar-refractivity contribution in [3.63, 3.8) is 0 Å². The monoisotopic (exact) mass is 465 g/mol. The number of ether oxygens (including phenoxy) is 3. The largest absolute Gasteiger partial charge is 0.506 e. The van der Waals surface area contributed by atoms with Gasteiger partial charge < -0.3 is 24.2 Å². The molecule has 1 aliphatic rings. The first-order chi connectivity index (χ1) is 16.0. The topological polar surface area (TPSA) is 85.3 Å². The zero-order valence-corrected chi connectivity index (χ0v) is 19.2. The molecule has 1 unspecified atom stereocenters. The molecular weight excluding hydrogens is 442 g/mol. The molecule has 0 bridgehead atoms. The fourth-order valence-electron chi connectivity index (χ4n) is 4.05. The van der Waals surface area contributed by atoms with E-state index in [0.717, 1.165) is 4.88 Å². The normalized spacial score (nSPS) is 17.3. The maximum Gasteiger partial charge on any atom is 0.295 e. The van der Waals surface area contributed by atoms with Crippen LogP contribution in [0.25, 0.3) is 5.76 Å². The quantitative estimate of drug-likeness (QED) is 0.316. The summed E-state index contributed by atoms with van der Waals surface area (Å²) in [4.78, 5) is 28.9. The molecule has 0 saturated carbocycles. The number of nitrogens with zero attached hydrogens (tertiary/aromatic N) is 1. The van der Waals surface area contributed by atoms with Crippen molar-refractivity contribution >= 4 is 28.8 Å². The number of rotatable bonds is 7. The number of Topliss-reactive ketones (excluding diaryl/α,β-unsaturated/α-hetero) is 1. The molecule has 1 N–H and O–H groups in total. The third-order valence-electron chi connectivity index (χ3n) is 5.54. The molecule has 0 radical (unpaired) electrons. The van der Waals surface area contributed by atoms with Crippen LogP contribution in [0.2, 0.25) is 0 Å². The van der Waals surface area contributed by atoms with Gasteiger partial charge in [-0.05, 0) is 29.6 Å². The second-order valence-electron chi connectivity index (χ2n) is 7.29. The lowest BCUT2D eigenvalue weighted by atomic mass is 9.94. The van der Waals surface area contributed by atoms with E-state index in [9.17, 15) is 14.7 Å². The molecule has 2 heterocycles. The maximum atomic E-state index is 13.3. The van der Waals surface area contributed by atoms with E-state index >= 15 is 0 Å². The first kappa shape index (κ1) is 22.4. The van der Waals surface area contributed by atoms with E-state index in [1.165, 1.54) is 37.6 Å². The number of hydrogen-bond donors (Lipinski definition) is 1. The molecule has 8 heteroatoms. The summed E-state index contributed by atoms with van der Waals surface area (Å²) in [5.74, 6) is -0.724. The van der Waals surface area contributed by atoms with E-state index in [1.54, 1.807) is 42.5 Å².